The van der Waals surface area contributed by atoms with Gasteiger partial charge in [-0.15, -0.1) is 0 Å². The molecule has 0 amide bonds. The molecule has 1 aliphatic carbocycles. The minimum Gasteiger partial charge on any atom is -0.381 e. The molecule has 0 aliphatic heterocycles. The lowest BCUT2D eigenvalue weighted by molar-refractivity contribution is 0.217. The first-order chi connectivity index (χ1) is 8.99. The van der Waals surface area contributed by atoms with Crippen LogP contribution in [0.3, 0.4) is 0 Å². The topological polar surface area (TPSA) is 12.0 Å². The average molecular weight is 285 g/mol. The third-order valence-corrected chi connectivity index (χ3v) is 4.73. The van der Waals surface area contributed by atoms with Crippen LogP contribution < -0.4 is 5.32 Å². The Morgan fingerprint density at radius 3 is 2.68 bits per heavy atom. The van der Waals surface area contributed by atoms with Crippen molar-refractivity contribution in [2.45, 2.75) is 56.2 Å². The van der Waals surface area contributed by atoms with Crippen LogP contribution in [0.4, 0.5) is 14.5 Å². The van der Waals surface area contributed by atoms with Crippen molar-refractivity contribution in [3.8, 4) is 0 Å². The Bertz CT molecular complexity index is 420. The second-order valence-electron chi connectivity index (χ2n) is 5.81. The van der Waals surface area contributed by atoms with Crippen LogP contribution in [0.5, 0.6) is 0 Å². The van der Waals surface area contributed by atoms with Gasteiger partial charge in [0.05, 0.1) is 0 Å². The summed E-state index contributed by atoms with van der Waals surface area (Å²) in [6.45, 7) is 4.51. The monoisotopic (exact) mass is 285 g/mol. The van der Waals surface area contributed by atoms with Crippen LogP contribution in [0.25, 0.3) is 0 Å². The van der Waals surface area contributed by atoms with Crippen molar-refractivity contribution < 1.29 is 8.78 Å². The van der Waals surface area contributed by atoms with E-state index in [2.05, 4.69) is 19.2 Å². The fourth-order valence-corrected chi connectivity index (χ4v) is 3.34. The van der Waals surface area contributed by atoms with Gasteiger partial charge in [0.25, 0.3) is 5.76 Å². The predicted molar refractivity (Wildman–Crippen MR) is 78.0 cm³/mol. The van der Waals surface area contributed by atoms with E-state index in [1.54, 1.807) is 6.07 Å². The SMILES string of the molecule is CC1(C)CCCCC1Nc1ccccc1SC(F)F. The highest BCUT2D eigenvalue weighted by Crippen LogP contribution is 2.39. The van der Waals surface area contributed by atoms with Crippen molar-refractivity contribution in [2.75, 3.05) is 5.32 Å². The molecule has 1 unspecified atom stereocenters. The van der Waals surface area contributed by atoms with Gasteiger partial charge in [0.1, 0.15) is 0 Å². The summed E-state index contributed by atoms with van der Waals surface area (Å²) in [5.74, 6) is -2.37. The maximum atomic E-state index is 12.6. The van der Waals surface area contributed by atoms with Crippen LogP contribution in [0.1, 0.15) is 39.5 Å². The molecule has 0 heterocycles. The molecule has 1 nitrogen and oxygen atoms in total. The van der Waals surface area contributed by atoms with Crippen molar-refractivity contribution in [1.82, 2.24) is 0 Å². The smallest absolute Gasteiger partial charge is 0.288 e. The van der Waals surface area contributed by atoms with Crippen molar-refractivity contribution in [3.05, 3.63) is 24.3 Å². The summed E-state index contributed by atoms with van der Waals surface area (Å²) in [5.41, 5.74) is 1.06. The summed E-state index contributed by atoms with van der Waals surface area (Å²) >= 11 is 0.618. The van der Waals surface area contributed by atoms with E-state index in [0.717, 1.165) is 12.1 Å². The van der Waals surface area contributed by atoms with E-state index in [9.17, 15) is 8.78 Å². The van der Waals surface area contributed by atoms with Crippen molar-refractivity contribution in [1.29, 1.82) is 0 Å². The molecule has 4 heteroatoms. The molecule has 106 valence electrons. The molecule has 19 heavy (non-hydrogen) atoms. The fraction of sp³-hybridized carbons (Fsp3) is 0.600. The molecule has 1 atom stereocenters. The predicted octanol–water partition coefficient (Wildman–Crippen LogP) is 5.38. The fourth-order valence-electron chi connectivity index (χ4n) is 2.73. The van der Waals surface area contributed by atoms with Crippen LogP contribution in [0.2, 0.25) is 0 Å². The van der Waals surface area contributed by atoms with Gasteiger partial charge in [-0.2, -0.15) is 8.78 Å². The number of hydrogen-bond donors (Lipinski definition) is 1. The first kappa shape index (κ1) is 14.6. The van der Waals surface area contributed by atoms with Crippen LogP contribution in [-0.2, 0) is 0 Å². The molecule has 1 aromatic carbocycles. The van der Waals surface area contributed by atoms with Gasteiger partial charge < -0.3 is 5.32 Å². The van der Waals surface area contributed by atoms with Crippen LogP contribution in [0.15, 0.2) is 29.2 Å². The maximum absolute atomic E-state index is 12.6. The molecule has 1 N–H and O–H groups in total. The van der Waals surface area contributed by atoms with Gasteiger partial charge >= 0.3 is 0 Å². The Kier molecular flexibility index (Phi) is 4.71. The summed E-state index contributed by atoms with van der Waals surface area (Å²) in [7, 11) is 0. The second-order valence-corrected chi connectivity index (χ2v) is 6.84. The summed E-state index contributed by atoms with van der Waals surface area (Å²) in [4.78, 5) is 0.638. The molecule has 1 fully saturated rings. The van der Waals surface area contributed by atoms with Crippen molar-refractivity contribution in [3.63, 3.8) is 0 Å². The lowest BCUT2D eigenvalue weighted by atomic mass is 9.73. The average Bonchev–Trinajstić information content (AvgIpc) is 2.33. The molecular weight excluding hydrogens is 264 g/mol. The number of benzene rings is 1. The number of para-hydroxylation sites is 1. The second kappa shape index (κ2) is 6.12. The zero-order chi connectivity index (χ0) is 13.9. The zero-order valence-electron chi connectivity index (χ0n) is 11.5. The van der Waals surface area contributed by atoms with Crippen molar-refractivity contribution >= 4 is 17.4 Å². The molecule has 2 rings (SSSR count). The lowest BCUT2D eigenvalue weighted by Gasteiger charge is -2.40. The van der Waals surface area contributed by atoms with Crippen LogP contribution in [0, 0.1) is 5.41 Å². The molecule has 0 saturated heterocycles. The lowest BCUT2D eigenvalue weighted by Crippen LogP contribution is -2.39. The molecule has 0 bridgehead atoms. The largest absolute Gasteiger partial charge is 0.381 e. The first-order valence-electron chi connectivity index (χ1n) is 6.79. The van der Waals surface area contributed by atoms with Crippen molar-refractivity contribution in [2.24, 2.45) is 5.41 Å². The van der Waals surface area contributed by atoms with E-state index in [1.165, 1.54) is 19.3 Å². The number of anilines is 1. The maximum Gasteiger partial charge on any atom is 0.288 e. The highest BCUT2D eigenvalue weighted by atomic mass is 32.2. The Morgan fingerprint density at radius 1 is 1.26 bits per heavy atom. The zero-order valence-corrected chi connectivity index (χ0v) is 12.3. The summed E-state index contributed by atoms with van der Waals surface area (Å²) in [6.07, 6.45) is 4.78. The van der Waals surface area contributed by atoms with Gasteiger partial charge in [0.2, 0.25) is 0 Å². The van der Waals surface area contributed by atoms with Gasteiger partial charge in [0.15, 0.2) is 0 Å². The van der Waals surface area contributed by atoms with Gasteiger partial charge in [-0.05, 0) is 30.4 Å². The molecule has 1 saturated carbocycles. The number of halogens is 2. The summed E-state index contributed by atoms with van der Waals surface area (Å²) < 4.78 is 25.1. The van der Waals surface area contributed by atoms with E-state index in [4.69, 9.17) is 0 Å². The van der Waals surface area contributed by atoms with E-state index in [0.29, 0.717) is 22.7 Å². The Morgan fingerprint density at radius 2 is 2.00 bits per heavy atom. The number of thioether (sulfide) groups is 1. The Hall–Kier alpha value is -0.770. The van der Waals surface area contributed by atoms with Crippen LogP contribution in [-0.4, -0.2) is 11.8 Å². The highest BCUT2D eigenvalue weighted by Gasteiger charge is 2.32. The molecule has 1 aromatic rings. The third-order valence-electron chi connectivity index (χ3n) is 3.94. The molecular formula is C15H21F2NS. The van der Waals surface area contributed by atoms with Crippen LogP contribution >= 0.6 is 11.8 Å². The summed E-state index contributed by atoms with van der Waals surface area (Å²) in [6, 6.07) is 7.72. The molecule has 0 radical (unpaired) electrons. The van der Waals surface area contributed by atoms with Gasteiger partial charge in [-0.1, -0.05) is 50.6 Å². The number of rotatable bonds is 4. The number of nitrogens with one attached hydrogen (secondary N) is 1. The standard InChI is InChI=1S/C15H21F2NS/c1-15(2)10-6-5-9-13(15)18-11-7-3-4-8-12(11)19-14(16)17/h3-4,7-8,13-14,18H,5-6,9-10H2,1-2H3. The van der Waals surface area contributed by atoms with E-state index in [1.807, 2.05) is 18.2 Å². The quantitative estimate of drug-likeness (QED) is 0.745. The normalized spacial score (nSPS) is 22.5. The number of alkyl halides is 2. The molecule has 1 aliphatic rings. The molecule has 0 spiro atoms. The Labute approximate surface area is 118 Å². The van der Waals surface area contributed by atoms with E-state index >= 15 is 0 Å². The van der Waals surface area contributed by atoms with E-state index < -0.39 is 5.76 Å². The number of hydrogen-bond acceptors (Lipinski definition) is 2. The minimum absolute atomic E-state index is 0.223. The molecule has 0 aromatic heterocycles. The van der Waals surface area contributed by atoms with Gasteiger partial charge in [0, 0.05) is 16.6 Å². The van der Waals surface area contributed by atoms with E-state index in [-0.39, 0.29) is 5.41 Å². The highest BCUT2D eigenvalue weighted by molar-refractivity contribution is 7.99. The van der Waals surface area contributed by atoms with Gasteiger partial charge in [-0.25, -0.2) is 0 Å². The first-order valence-corrected chi connectivity index (χ1v) is 7.67. The third kappa shape index (κ3) is 3.85. The minimum atomic E-state index is -2.37. The van der Waals surface area contributed by atoms with Gasteiger partial charge in [-0.3, -0.25) is 0 Å². The summed E-state index contributed by atoms with van der Waals surface area (Å²) in [5, 5.41) is 3.49. The Balaban J connectivity index is 2.13.